The molecule has 0 unspecified atom stereocenters. The number of carbonyl (C=O) groups is 1. The summed E-state index contributed by atoms with van der Waals surface area (Å²) in [6.07, 6.45) is 2.41. The monoisotopic (exact) mass is 320 g/mol. The summed E-state index contributed by atoms with van der Waals surface area (Å²) in [5.74, 6) is -0.0958. The average molecular weight is 320 g/mol. The van der Waals surface area contributed by atoms with Crippen molar-refractivity contribution in [2.75, 3.05) is 33.2 Å². The summed E-state index contributed by atoms with van der Waals surface area (Å²) in [6, 6.07) is 6.83. The fourth-order valence-electron chi connectivity index (χ4n) is 3.72. The quantitative estimate of drug-likeness (QED) is 0.855. The van der Waals surface area contributed by atoms with Crippen molar-refractivity contribution in [3.63, 3.8) is 0 Å². The van der Waals surface area contributed by atoms with Crippen molar-refractivity contribution < 1.29 is 13.9 Å². The van der Waals surface area contributed by atoms with E-state index in [4.69, 9.17) is 4.74 Å². The van der Waals surface area contributed by atoms with Crippen LogP contribution in [0, 0.1) is 5.82 Å². The molecule has 0 bridgehead atoms. The Kier molecular flexibility index (Phi) is 4.69. The van der Waals surface area contributed by atoms with Crippen LogP contribution in [0.5, 0.6) is 0 Å². The molecule has 2 aliphatic heterocycles. The van der Waals surface area contributed by atoms with Gasteiger partial charge in [-0.25, -0.2) is 4.39 Å². The number of likely N-dealkylation sites (tertiary alicyclic amines) is 1. The summed E-state index contributed by atoms with van der Waals surface area (Å²) >= 11 is 0. The molecule has 3 rings (SSSR count). The van der Waals surface area contributed by atoms with Crippen molar-refractivity contribution >= 4 is 5.91 Å². The van der Waals surface area contributed by atoms with E-state index in [2.05, 4.69) is 4.90 Å². The molecule has 0 saturated carbocycles. The molecule has 0 aromatic heterocycles. The van der Waals surface area contributed by atoms with E-state index in [1.54, 1.807) is 17.0 Å². The van der Waals surface area contributed by atoms with Gasteiger partial charge >= 0.3 is 0 Å². The van der Waals surface area contributed by atoms with Gasteiger partial charge in [-0.1, -0.05) is 12.1 Å². The number of carbonyl (C=O) groups excluding carboxylic acids is 1. The van der Waals surface area contributed by atoms with Crippen LogP contribution >= 0.6 is 0 Å². The lowest BCUT2D eigenvalue weighted by Crippen LogP contribution is -2.60. The SMILES string of the molecule is C[C@H]1OC2(CCN(CCc3cccc(F)c3)CC2)CN(C)C1=O. The van der Waals surface area contributed by atoms with Crippen LogP contribution in [0.4, 0.5) is 4.39 Å². The van der Waals surface area contributed by atoms with Gasteiger partial charge in [0.25, 0.3) is 5.91 Å². The van der Waals surface area contributed by atoms with Gasteiger partial charge in [-0.2, -0.15) is 0 Å². The molecule has 1 spiro atoms. The number of halogens is 1. The Morgan fingerprint density at radius 1 is 1.35 bits per heavy atom. The van der Waals surface area contributed by atoms with E-state index >= 15 is 0 Å². The Hall–Kier alpha value is -1.46. The predicted molar refractivity (Wildman–Crippen MR) is 86.7 cm³/mol. The van der Waals surface area contributed by atoms with Crippen LogP contribution in [-0.2, 0) is 16.0 Å². The van der Waals surface area contributed by atoms with E-state index in [0.29, 0.717) is 6.54 Å². The fraction of sp³-hybridized carbons (Fsp3) is 0.611. The molecule has 2 saturated heterocycles. The molecule has 0 N–H and O–H groups in total. The van der Waals surface area contributed by atoms with Gasteiger partial charge in [-0.15, -0.1) is 0 Å². The summed E-state index contributed by atoms with van der Waals surface area (Å²) in [7, 11) is 1.86. The first-order valence-electron chi connectivity index (χ1n) is 8.37. The Morgan fingerprint density at radius 2 is 2.09 bits per heavy atom. The maximum atomic E-state index is 13.2. The Bertz CT molecular complexity index is 554. The number of hydrogen-bond acceptors (Lipinski definition) is 3. The Labute approximate surface area is 137 Å². The summed E-state index contributed by atoms with van der Waals surface area (Å²) < 4.78 is 19.3. The summed E-state index contributed by atoms with van der Waals surface area (Å²) in [5, 5.41) is 0. The Morgan fingerprint density at radius 3 is 2.74 bits per heavy atom. The second kappa shape index (κ2) is 6.57. The minimum atomic E-state index is -0.340. The number of likely N-dealkylation sites (N-methyl/N-ethyl adjacent to an activating group) is 1. The highest BCUT2D eigenvalue weighted by Crippen LogP contribution is 2.32. The molecule has 0 aliphatic carbocycles. The molecule has 2 heterocycles. The third kappa shape index (κ3) is 3.72. The minimum Gasteiger partial charge on any atom is -0.360 e. The van der Waals surface area contributed by atoms with Crippen LogP contribution in [0.1, 0.15) is 25.3 Å². The molecule has 0 radical (unpaired) electrons. The Balaban J connectivity index is 1.51. The number of ether oxygens (including phenoxy) is 1. The number of morpholine rings is 1. The maximum absolute atomic E-state index is 13.2. The third-order valence-corrected chi connectivity index (χ3v) is 5.05. The highest BCUT2D eigenvalue weighted by Gasteiger charge is 2.43. The zero-order valence-corrected chi connectivity index (χ0v) is 13.9. The van der Waals surface area contributed by atoms with Crippen LogP contribution in [0.25, 0.3) is 0 Å². The van der Waals surface area contributed by atoms with Crippen molar-refractivity contribution in [1.29, 1.82) is 0 Å². The standard InChI is InChI=1S/C18H25FN2O2/c1-14-17(22)20(2)13-18(23-14)7-10-21(11-8-18)9-6-15-4-3-5-16(19)12-15/h3-5,12,14H,6-11,13H2,1-2H3/t14-/m1/s1. The van der Waals surface area contributed by atoms with Crippen LogP contribution in [0.2, 0.25) is 0 Å². The molecule has 23 heavy (non-hydrogen) atoms. The van der Waals surface area contributed by atoms with E-state index in [0.717, 1.165) is 44.5 Å². The van der Waals surface area contributed by atoms with E-state index in [-0.39, 0.29) is 23.4 Å². The molecule has 2 fully saturated rings. The molecule has 5 heteroatoms. The zero-order chi connectivity index (χ0) is 16.4. The average Bonchev–Trinajstić information content (AvgIpc) is 2.52. The van der Waals surface area contributed by atoms with E-state index < -0.39 is 0 Å². The maximum Gasteiger partial charge on any atom is 0.251 e. The van der Waals surface area contributed by atoms with E-state index in [9.17, 15) is 9.18 Å². The molecular weight excluding hydrogens is 295 g/mol. The number of nitrogens with zero attached hydrogens (tertiary/aromatic N) is 2. The topological polar surface area (TPSA) is 32.8 Å². The lowest BCUT2D eigenvalue weighted by molar-refractivity contribution is -0.186. The van der Waals surface area contributed by atoms with Crippen molar-refractivity contribution in [2.24, 2.45) is 0 Å². The lowest BCUT2D eigenvalue weighted by Gasteiger charge is -2.48. The molecule has 1 aromatic rings. The molecule has 1 atom stereocenters. The second-order valence-corrected chi connectivity index (χ2v) is 6.86. The number of piperidine rings is 1. The lowest BCUT2D eigenvalue weighted by atomic mass is 9.88. The molecule has 1 aromatic carbocycles. The molecular formula is C18H25FN2O2. The van der Waals surface area contributed by atoms with Crippen molar-refractivity contribution in [2.45, 2.75) is 37.9 Å². The molecule has 4 nitrogen and oxygen atoms in total. The predicted octanol–water partition coefficient (Wildman–Crippen LogP) is 2.08. The van der Waals surface area contributed by atoms with Gasteiger partial charge in [0.15, 0.2) is 0 Å². The van der Waals surface area contributed by atoms with Crippen molar-refractivity contribution in [3.05, 3.63) is 35.6 Å². The fourth-order valence-corrected chi connectivity index (χ4v) is 3.72. The first-order chi connectivity index (χ1) is 11.0. The van der Waals surface area contributed by atoms with Crippen molar-refractivity contribution in [3.8, 4) is 0 Å². The third-order valence-electron chi connectivity index (χ3n) is 5.05. The normalized spacial score (nSPS) is 25.1. The summed E-state index contributed by atoms with van der Waals surface area (Å²) in [4.78, 5) is 16.1. The van der Waals surface area contributed by atoms with Gasteiger partial charge in [-0.05, 0) is 43.9 Å². The van der Waals surface area contributed by atoms with Gasteiger partial charge in [0, 0.05) is 33.2 Å². The molecule has 126 valence electrons. The van der Waals surface area contributed by atoms with E-state index in [1.807, 2.05) is 20.0 Å². The largest absolute Gasteiger partial charge is 0.360 e. The summed E-state index contributed by atoms with van der Waals surface area (Å²) in [5.41, 5.74) is 0.857. The van der Waals surface area contributed by atoms with Gasteiger partial charge in [0.1, 0.15) is 11.9 Å². The molecule has 2 aliphatic rings. The number of amides is 1. The number of hydrogen-bond donors (Lipinski definition) is 0. The van der Waals surface area contributed by atoms with Crippen LogP contribution in [-0.4, -0.2) is 60.6 Å². The van der Waals surface area contributed by atoms with Crippen LogP contribution in [0.3, 0.4) is 0 Å². The van der Waals surface area contributed by atoms with Crippen LogP contribution < -0.4 is 0 Å². The zero-order valence-electron chi connectivity index (χ0n) is 13.9. The highest BCUT2D eigenvalue weighted by atomic mass is 19.1. The highest BCUT2D eigenvalue weighted by molar-refractivity contribution is 5.81. The minimum absolute atomic E-state index is 0.0733. The first-order valence-corrected chi connectivity index (χ1v) is 8.37. The van der Waals surface area contributed by atoms with Gasteiger partial charge in [-0.3, -0.25) is 4.79 Å². The summed E-state index contributed by atoms with van der Waals surface area (Å²) in [6.45, 7) is 5.39. The first kappa shape index (κ1) is 16.4. The van der Waals surface area contributed by atoms with E-state index in [1.165, 1.54) is 6.07 Å². The second-order valence-electron chi connectivity index (χ2n) is 6.86. The number of benzene rings is 1. The number of rotatable bonds is 3. The van der Waals surface area contributed by atoms with Crippen molar-refractivity contribution in [1.82, 2.24) is 9.80 Å². The smallest absolute Gasteiger partial charge is 0.251 e. The molecule has 1 amide bonds. The van der Waals surface area contributed by atoms with Crippen LogP contribution in [0.15, 0.2) is 24.3 Å². The van der Waals surface area contributed by atoms with Gasteiger partial charge < -0.3 is 14.5 Å². The van der Waals surface area contributed by atoms with Gasteiger partial charge in [0.05, 0.1) is 5.60 Å². The van der Waals surface area contributed by atoms with Gasteiger partial charge in [0.2, 0.25) is 0 Å².